The van der Waals surface area contributed by atoms with Crippen LogP contribution in [0, 0.1) is 6.92 Å². The highest BCUT2D eigenvalue weighted by Crippen LogP contribution is 1.85. The molecule has 0 saturated carbocycles. The molecule has 0 bridgehead atoms. The van der Waals surface area contributed by atoms with Gasteiger partial charge in [-0.25, -0.2) is 4.79 Å². The number of hydrogen-bond donors (Lipinski definition) is 1. The topological polar surface area (TPSA) is 50.2 Å². The van der Waals surface area contributed by atoms with Crippen LogP contribution in [-0.2, 0) is 0 Å². The number of pyridine rings is 1. The first-order valence-corrected chi connectivity index (χ1v) is 2.89. The number of aryl methyl sites for hydroxylation is 1. The summed E-state index contributed by atoms with van der Waals surface area (Å²) < 4.78 is 9.92. The number of carbonyl (C=O) groups is 1. The molecule has 0 aromatic carbocycles. The van der Waals surface area contributed by atoms with Crippen molar-refractivity contribution in [2.45, 2.75) is 6.92 Å². The number of halogens is 1. The van der Waals surface area contributed by atoms with Gasteiger partial charge < -0.3 is 5.11 Å². The predicted molar refractivity (Wildman–Crippen MR) is 38.1 cm³/mol. The van der Waals surface area contributed by atoms with E-state index >= 15 is 0 Å². The molecule has 0 aliphatic carbocycles. The Labute approximate surface area is 63.5 Å². The molecular formula is C7H8FNO2. The Balaban J connectivity index is 0.000000218. The fourth-order valence-electron chi connectivity index (χ4n) is 0.448. The van der Waals surface area contributed by atoms with E-state index in [9.17, 15) is 4.39 Å². The third-order valence-electron chi connectivity index (χ3n) is 0.813. The van der Waals surface area contributed by atoms with Crippen molar-refractivity contribution in [3.63, 3.8) is 0 Å². The van der Waals surface area contributed by atoms with Crippen LogP contribution < -0.4 is 0 Å². The standard InChI is InChI=1S/C6H7N.CHFO2/c1-6-4-2-3-5-7-6;2-1(3)4/h2-5H,1H3;(H,3,4). The van der Waals surface area contributed by atoms with E-state index < -0.39 is 6.22 Å². The van der Waals surface area contributed by atoms with Crippen LogP contribution in [0.4, 0.5) is 9.18 Å². The van der Waals surface area contributed by atoms with Crippen molar-refractivity contribution in [3.8, 4) is 0 Å². The molecule has 3 nitrogen and oxygen atoms in total. The van der Waals surface area contributed by atoms with Crippen molar-refractivity contribution >= 4 is 6.22 Å². The molecule has 4 heteroatoms. The predicted octanol–water partition coefficient (Wildman–Crippen LogP) is 2.02. The molecule has 1 heterocycles. The van der Waals surface area contributed by atoms with E-state index in [0.29, 0.717) is 0 Å². The monoisotopic (exact) mass is 157 g/mol. The first-order chi connectivity index (χ1) is 5.13. The lowest BCUT2D eigenvalue weighted by molar-refractivity contribution is 0.169. The van der Waals surface area contributed by atoms with Gasteiger partial charge in [-0.2, -0.15) is 0 Å². The van der Waals surface area contributed by atoms with Crippen molar-refractivity contribution in [1.82, 2.24) is 4.98 Å². The zero-order valence-corrected chi connectivity index (χ0v) is 5.99. The SMILES string of the molecule is Cc1ccccn1.O=C(O)F. The summed E-state index contributed by atoms with van der Waals surface area (Å²) in [5, 5.41) is 6.75. The molecule has 0 unspecified atom stereocenters. The van der Waals surface area contributed by atoms with Crippen LogP contribution in [0.3, 0.4) is 0 Å². The maximum atomic E-state index is 9.92. The molecule has 0 radical (unpaired) electrons. The first kappa shape index (κ1) is 9.55. The molecule has 0 fully saturated rings. The van der Waals surface area contributed by atoms with Crippen LogP contribution in [0.2, 0.25) is 0 Å². The summed E-state index contributed by atoms with van der Waals surface area (Å²) in [6.45, 7) is 1.97. The van der Waals surface area contributed by atoms with Gasteiger partial charge in [-0.05, 0) is 19.1 Å². The quantitative estimate of drug-likeness (QED) is 0.586. The van der Waals surface area contributed by atoms with E-state index in [-0.39, 0.29) is 0 Å². The van der Waals surface area contributed by atoms with Gasteiger partial charge in [0.05, 0.1) is 0 Å². The van der Waals surface area contributed by atoms with Gasteiger partial charge in [0.25, 0.3) is 0 Å². The number of rotatable bonds is 0. The zero-order valence-electron chi connectivity index (χ0n) is 5.99. The van der Waals surface area contributed by atoms with Gasteiger partial charge in [-0.15, -0.1) is 4.39 Å². The lowest BCUT2D eigenvalue weighted by Gasteiger charge is -1.82. The summed E-state index contributed by atoms with van der Waals surface area (Å²) in [6.07, 6.45) is -0.546. The van der Waals surface area contributed by atoms with Gasteiger partial charge in [0.2, 0.25) is 0 Å². The summed E-state index contributed by atoms with van der Waals surface area (Å²) in [5.41, 5.74) is 1.07. The smallest absolute Gasteiger partial charge is 0.456 e. The lowest BCUT2D eigenvalue weighted by atomic mass is 10.4. The number of aromatic nitrogens is 1. The van der Waals surface area contributed by atoms with Crippen LogP contribution in [0.15, 0.2) is 24.4 Å². The minimum atomic E-state index is -2.33. The minimum Gasteiger partial charge on any atom is -0.456 e. The van der Waals surface area contributed by atoms with E-state index in [0.717, 1.165) is 5.69 Å². The largest absolute Gasteiger partial charge is 0.492 e. The van der Waals surface area contributed by atoms with Gasteiger partial charge in [0.15, 0.2) is 0 Å². The van der Waals surface area contributed by atoms with Crippen LogP contribution in [0.5, 0.6) is 0 Å². The third-order valence-corrected chi connectivity index (χ3v) is 0.813. The molecule has 0 spiro atoms. The van der Waals surface area contributed by atoms with E-state index in [2.05, 4.69) is 4.98 Å². The Bertz CT molecular complexity index is 209. The van der Waals surface area contributed by atoms with Crippen molar-refractivity contribution < 1.29 is 14.3 Å². The fraction of sp³-hybridized carbons (Fsp3) is 0.143. The van der Waals surface area contributed by atoms with Gasteiger partial charge in [0.1, 0.15) is 0 Å². The highest BCUT2D eigenvalue weighted by Gasteiger charge is 1.74. The zero-order chi connectivity index (χ0) is 8.69. The van der Waals surface area contributed by atoms with Crippen LogP contribution in [0.25, 0.3) is 0 Å². The third kappa shape index (κ3) is 8.55. The molecule has 0 saturated heterocycles. The second-order valence-electron chi connectivity index (χ2n) is 1.72. The molecular weight excluding hydrogens is 149 g/mol. The Kier molecular flexibility index (Phi) is 4.64. The van der Waals surface area contributed by atoms with Crippen molar-refractivity contribution in [2.24, 2.45) is 0 Å². The molecule has 0 atom stereocenters. The Hall–Kier alpha value is -1.45. The molecule has 1 aromatic heterocycles. The number of carboxylic acid groups (broad SMARTS) is 1. The average molecular weight is 157 g/mol. The van der Waals surface area contributed by atoms with Crippen molar-refractivity contribution in [2.75, 3.05) is 0 Å². The van der Waals surface area contributed by atoms with Crippen molar-refractivity contribution in [1.29, 1.82) is 0 Å². The Morgan fingerprint density at radius 3 is 2.36 bits per heavy atom. The first-order valence-electron chi connectivity index (χ1n) is 2.89. The maximum absolute atomic E-state index is 9.92. The normalized spacial score (nSPS) is 7.82. The fourth-order valence-corrected chi connectivity index (χ4v) is 0.448. The minimum absolute atomic E-state index is 1.07. The summed E-state index contributed by atoms with van der Waals surface area (Å²) in [5.74, 6) is 0. The van der Waals surface area contributed by atoms with Gasteiger partial charge in [-0.1, -0.05) is 6.07 Å². The summed E-state index contributed by atoms with van der Waals surface area (Å²) in [7, 11) is 0. The number of nitrogens with zero attached hydrogens (tertiary/aromatic N) is 1. The summed E-state index contributed by atoms with van der Waals surface area (Å²) in [4.78, 5) is 12.3. The highest BCUT2D eigenvalue weighted by atomic mass is 19.1. The van der Waals surface area contributed by atoms with E-state index in [1.165, 1.54) is 0 Å². The van der Waals surface area contributed by atoms with Crippen molar-refractivity contribution in [3.05, 3.63) is 30.1 Å². The van der Waals surface area contributed by atoms with E-state index in [4.69, 9.17) is 9.90 Å². The maximum Gasteiger partial charge on any atom is 0.492 e. The molecule has 1 rings (SSSR count). The van der Waals surface area contributed by atoms with Gasteiger partial charge >= 0.3 is 6.22 Å². The summed E-state index contributed by atoms with van der Waals surface area (Å²) >= 11 is 0. The molecule has 11 heavy (non-hydrogen) atoms. The highest BCUT2D eigenvalue weighted by molar-refractivity contribution is 5.54. The van der Waals surface area contributed by atoms with E-state index in [1.54, 1.807) is 6.20 Å². The van der Waals surface area contributed by atoms with Gasteiger partial charge in [0, 0.05) is 11.9 Å². The lowest BCUT2D eigenvalue weighted by Crippen LogP contribution is -1.72. The second-order valence-corrected chi connectivity index (χ2v) is 1.72. The Morgan fingerprint density at radius 2 is 2.18 bits per heavy atom. The molecule has 0 aliphatic rings. The average Bonchev–Trinajstić information content (AvgIpc) is 1.87. The number of hydrogen-bond acceptors (Lipinski definition) is 2. The molecule has 60 valence electrons. The Morgan fingerprint density at radius 1 is 1.64 bits per heavy atom. The van der Waals surface area contributed by atoms with E-state index in [1.807, 2.05) is 25.1 Å². The van der Waals surface area contributed by atoms with Crippen LogP contribution in [0.1, 0.15) is 5.69 Å². The van der Waals surface area contributed by atoms with Crippen LogP contribution in [-0.4, -0.2) is 16.3 Å². The molecule has 1 N–H and O–H groups in total. The molecule has 0 amide bonds. The summed E-state index contributed by atoms with van der Waals surface area (Å²) in [6, 6.07) is 5.86. The molecule has 1 aromatic rings. The van der Waals surface area contributed by atoms with Gasteiger partial charge in [-0.3, -0.25) is 4.98 Å². The second kappa shape index (κ2) is 5.34. The van der Waals surface area contributed by atoms with Crippen LogP contribution >= 0.6 is 0 Å². The molecule has 0 aliphatic heterocycles.